The molecule has 2 rings (SSSR count). The fraction of sp³-hybridized carbons (Fsp3) is 0.125. The summed E-state index contributed by atoms with van der Waals surface area (Å²) >= 11 is 1.16. The molecule has 1 aromatic carbocycles. The summed E-state index contributed by atoms with van der Waals surface area (Å²) in [6, 6.07) is 3.20. The van der Waals surface area contributed by atoms with Gasteiger partial charge in [-0.25, -0.2) is 13.6 Å². The first-order valence-corrected chi connectivity index (χ1v) is 6.40. The average molecular weight is 243 g/mol. The van der Waals surface area contributed by atoms with E-state index in [1.807, 2.05) is 0 Å². The van der Waals surface area contributed by atoms with Crippen LogP contribution in [0.4, 0.5) is 5.82 Å². The zero-order valence-electron chi connectivity index (χ0n) is 7.89. The Morgan fingerprint density at radius 1 is 1.40 bits per heavy atom. The highest BCUT2D eigenvalue weighted by atomic mass is 32.2. The van der Waals surface area contributed by atoms with Crippen LogP contribution in [0.15, 0.2) is 17.0 Å². The van der Waals surface area contributed by atoms with Crippen LogP contribution in [-0.4, -0.2) is 12.8 Å². The average Bonchev–Trinajstić information content (AvgIpc) is 2.45. The van der Waals surface area contributed by atoms with Crippen LogP contribution in [0, 0.1) is 6.92 Å². The second kappa shape index (κ2) is 3.16. The summed E-state index contributed by atoms with van der Waals surface area (Å²) in [6.07, 6.45) is 0. The van der Waals surface area contributed by atoms with E-state index >= 15 is 0 Å². The Bertz CT molecular complexity index is 631. The summed E-state index contributed by atoms with van der Waals surface area (Å²) < 4.78 is 27.1. The molecular formula is C8H9N3O2S2. The van der Waals surface area contributed by atoms with Crippen molar-refractivity contribution in [3.63, 3.8) is 0 Å². The quantitative estimate of drug-likeness (QED) is 0.775. The zero-order valence-corrected chi connectivity index (χ0v) is 9.52. The lowest BCUT2D eigenvalue weighted by Gasteiger charge is -2.02. The zero-order chi connectivity index (χ0) is 11.2. The van der Waals surface area contributed by atoms with Gasteiger partial charge in [0.1, 0.15) is 5.82 Å². The van der Waals surface area contributed by atoms with Gasteiger partial charge in [-0.05, 0) is 36.2 Å². The van der Waals surface area contributed by atoms with Gasteiger partial charge in [-0.15, -0.1) is 0 Å². The van der Waals surface area contributed by atoms with Crippen molar-refractivity contribution in [1.82, 2.24) is 4.37 Å². The number of fused-ring (bicyclic) bond motifs is 1. The van der Waals surface area contributed by atoms with Gasteiger partial charge in [0.05, 0.1) is 9.60 Å². The second-order valence-electron chi connectivity index (χ2n) is 3.23. The van der Waals surface area contributed by atoms with Crippen LogP contribution >= 0.6 is 11.5 Å². The smallest absolute Gasteiger partial charge is 0.238 e. The maximum Gasteiger partial charge on any atom is 0.238 e. The van der Waals surface area contributed by atoms with Gasteiger partial charge >= 0.3 is 0 Å². The number of sulfonamides is 1. The van der Waals surface area contributed by atoms with Crippen molar-refractivity contribution >= 4 is 37.5 Å². The highest BCUT2D eigenvalue weighted by Crippen LogP contribution is 2.29. The van der Waals surface area contributed by atoms with Gasteiger partial charge in [0.2, 0.25) is 10.0 Å². The summed E-state index contributed by atoms with van der Waals surface area (Å²) in [5.74, 6) is 0.416. The van der Waals surface area contributed by atoms with E-state index in [1.165, 1.54) is 6.07 Å². The van der Waals surface area contributed by atoms with Crippen molar-refractivity contribution in [2.24, 2.45) is 5.14 Å². The summed E-state index contributed by atoms with van der Waals surface area (Å²) in [4.78, 5) is 0.124. The standard InChI is InChI=1S/C8H9N3O2S2/c1-4-2-5-6(14-11-8(5)9)3-7(4)15(10,12)13/h2-3H,1H3,(H2,9,11)(H2,10,12,13). The van der Waals surface area contributed by atoms with Crippen LogP contribution in [0.5, 0.6) is 0 Å². The Kier molecular flexibility index (Phi) is 2.18. The maximum atomic E-state index is 11.2. The van der Waals surface area contributed by atoms with Crippen LogP contribution in [0.3, 0.4) is 0 Å². The van der Waals surface area contributed by atoms with Crippen molar-refractivity contribution in [1.29, 1.82) is 0 Å². The van der Waals surface area contributed by atoms with Gasteiger partial charge in [0.15, 0.2) is 0 Å². The number of rotatable bonds is 1. The normalized spacial score (nSPS) is 12.1. The van der Waals surface area contributed by atoms with Gasteiger partial charge < -0.3 is 5.73 Å². The molecule has 0 bridgehead atoms. The van der Waals surface area contributed by atoms with Crippen molar-refractivity contribution in [3.8, 4) is 0 Å². The molecule has 1 heterocycles. The number of benzene rings is 1. The van der Waals surface area contributed by atoms with Crippen LogP contribution in [0.2, 0.25) is 0 Å². The molecular weight excluding hydrogens is 234 g/mol. The lowest BCUT2D eigenvalue weighted by molar-refractivity contribution is 0.597. The number of anilines is 1. The van der Waals surface area contributed by atoms with E-state index in [0.29, 0.717) is 11.4 Å². The van der Waals surface area contributed by atoms with Crippen LogP contribution in [-0.2, 0) is 10.0 Å². The Balaban J connectivity index is 2.86. The number of nitrogen functional groups attached to an aromatic ring is 1. The number of aryl methyl sites for hydroxylation is 1. The Labute approximate surface area is 90.9 Å². The molecule has 7 heteroatoms. The monoisotopic (exact) mass is 243 g/mol. The van der Waals surface area contributed by atoms with E-state index < -0.39 is 10.0 Å². The predicted molar refractivity (Wildman–Crippen MR) is 60.1 cm³/mol. The minimum Gasteiger partial charge on any atom is -0.382 e. The fourth-order valence-corrected chi connectivity index (χ4v) is 2.99. The van der Waals surface area contributed by atoms with Gasteiger partial charge in [-0.1, -0.05) is 0 Å². The minimum absolute atomic E-state index is 0.124. The van der Waals surface area contributed by atoms with Crippen molar-refractivity contribution in [3.05, 3.63) is 17.7 Å². The van der Waals surface area contributed by atoms with E-state index in [9.17, 15) is 8.42 Å². The van der Waals surface area contributed by atoms with E-state index in [0.717, 1.165) is 21.6 Å². The Morgan fingerprint density at radius 3 is 2.67 bits per heavy atom. The molecule has 0 saturated heterocycles. The second-order valence-corrected chi connectivity index (χ2v) is 5.56. The molecule has 80 valence electrons. The molecule has 0 aliphatic rings. The lowest BCUT2D eigenvalue weighted by Crippen LogP contribution is -2.13. The largest absolute Gasteiger partial charge is 0.382 e. The predicted octanol–water partition coefficient (Wildman–Crippen LogP) is 0.834. The third-order valence-electron chi connectivity index (χ3n) is 2.10. The SMILES string of the molecule is Cc1cc2c(N)nsc2cc1S(N)(=O)=O. The molecule has 0 amide bonds. The molecule has 0 aliphatic heterocycles. The highest BCUT2D eigenvalue weighted by molar-refractivity contribution is 7.89. The fourth-order valence-electron chi connectivity index (χ4n) is 1.40. The number of nitrogens with two attached hydrogens (primary N) is 2. The third kappa shape index (κ3) is 1.69. The van der Waals surface area contributed by atoms with Crippen LogP contribution < -0.4 is 10.9 Å². The third-order valence-corrected chi connectivity index (χ3v) is 3.98. The lowest BCUT2D eigenvalue weighted by atomic mass is 10.2. The minimum atomic E-state index is -3.68. The number of aromatic nitrogens is 1. The molecule has 0 unspecified atom stereocenters. The first-order valence-electron chi connectivity index (χ1n) is 4.08. The molecule has 4 N–H and O–H groups in total. The first-order chi connectivity index (χ1) is 6.89. The molecule has 0 atom stereocenters. The van der Waals surface area contributed by atoms with Gasteiger partial charge in [-0.2, -0.15) is 4.37 Å². The van der Waals surface area contributed by atoms with Crippen molar-refractivity contribution < 1.29 is 8.42 Å². The van der Waals surface area contributed by atoms with E-state index in [-0.39, 0.29) is 4.90 Å². The van der Waals surface area contributed by atoms with E-state index in [1.54, 1.807) is 13.0 Å². The molecule has 0 aliphatic carbocycles. The van der Waals surface area contributed by atoms with E-state index in [4.69, 9.17) is 10.9 Å². The topological polar surface area (TPSA) is 99.1 Å². The Morgan fingerprint density at radius 2 is 2.07 bits per heavy atom. The number of hydrogen-bond acceptors (Lipinski definition) is 5. The molecule has 1 aromatic heterocycles. The van der Waals surface area contributed by atoms with Crippen molar-refractivity contribution in [2.45, 2.75) is 11.8 Å². The number of nitrogens with zero attached hydrogens (tertiary/aromatic N) is 1. The van der Waals surface area contributed by atoms with Crippen LogP contribution in [0.25, 0.3) is 10.1 Å². The molecule has 0 saturated carbocycles. The highest BCUT2D eigenvalue weighted by Gasteiger charge is 2.14. The van der Waals surface area contributed by atoms with Gasteiger partial charge in [0, 0.05) is 5.39 Å². The summed E-state index contributed by atoms with van der Waals surface area (Å²) in [5.41, 5.74) is 6.20. The first kappa shape index (κ1) is 10.3. The summed E-state index contributed by atoms with van der Waals surface area (Å²) in [5, 5.41) is 5.85. The molecule has 0 radical (unpaired) electrons. The molecule has 0 spiro atoms. The molecule has 5 nitrogen and oxygen atoms in total. The van der Waals surface area contributed by atoms with Gasteiger partial charge in [-0.3, -0.25) is 0 Å². The van der Waals surface area contributed by atoms with Crippen LogP contribution in [0.1, 0.15) is 5.56 Å². The molecule has 15 heavy (non-hydrogen) atoms. The Hall–Kier alpha value is -1.18. The van der Waals surface area contributed by atoms with E-state index in [2.05, 4.69) is 4.37 Å². The molecule has 2 aromatic rings. The summed E-state index contributed by atoms with van der Waals surface area (Å²) in [6.45, 7) is 1.68. The maximum absolute atomic E-state index is 11.2. The van der Waals surface area contributed by atoms with Gasteiger partial charge in [0.25, 0.3) is 0 Å². The number of primary sulfonamides is 1. The van der Waals surface area contributed by atoms with Crippen molar-refractivity contribution in [2.75, 3.05) is 5.73 Å². The summed E-state index contributed by atoms with van der Waals surface area (Å²) in [7, 11) is -3.68. The molecule has 0 fully saturated rings. The number of hydrogen-bond donors (Lipinski definition) is 2.